The minimum Gasteiger partial charge on any atom is -0.493 e. The first kappa shape index (κ1) is 16.3. The molecule has 0 saturated heterocycles. The number of aromatic nitrogens is 2. The topological polar surface area (TPSA) is 93.3 Å². The van der Waals surface area contributed by atoms with Gasteiger partial charge in [0.1, 0.15) is 4.21 Å². The van der Waals surface area contributed by atoms with Gasteiger partial charge in [-0.3, -0.25) is 9.82 Å². The van der Waals surface area contributed by atoms with Crippen LogP contribution in [0.15, 0.2) is 46.1 Å². The molecule has 0 aliphatic rings. The van der Waals surface area contributed by atoms with Crippen LogP contribution >= 0.6 is 11.3 Å². The van der Waals surface area contributed by atoms with Gasteiger partial charge in [0.05, 0.1) is 25.6 Å². The Bertz CT molecular complexity index is 934. The number of thiophene rings is 1. The molecule has 0 aliphatic carbocycles. The van der Waals surface area contributed by atoms with Crippen molar-refractivity contribution in [2.24, 2.45) is 0 Å². The van der Waals surface area contributed by atoms with Crippen LogP contribution in [-0.4, -0.2) is 32.8 Å². The lowest BCUT2D eigenvalue weighted by Crippen LogP contribution is -2.11. The summed E-state index contributed by atoms with van der Waals surface area (Å²) >= 11 is 1.14. The van der Waals surface area contributed by atoms with Gasteiger partial charge >= 0.3 is 0 Å². The first-order valence-corrected chi connectivity index (χ1v) is 9.23. The summed E-state index contributed by atoms with van der Waals surface area (Å²) in [4.78, 5) is 0. The van der Waals surface area contributed by atoms with Gasteiger partial charge in [-0.05, 0) is 24.3 Å². The molecule has 3 rings (SSSR count). The number of sulfonamides is 1. The van der Waals surface area contributed by atoms with E-state index in [1.807, 2.05) is 0 Å². The average Bonchev–Trinajstić information content (AvgIpc) is 3.25. The number of aromatic amines is 1. The molecule has 9 heteroatoms. The van der Waals surface area contributed by atoms with Crippen molar-refractivity contribution < 1.29 is 17.9 Å². The Morgan fingerprint density at radius 2 is 1.92 bits per heavy atom. The third-order valence-electron chi connectivity index (χ3n) is 3.29. The number of H-pyrrole nitrogens is 1. The predicted molar refractivity (Wildman–Crippen MR) is 92.3 cm³/mol. The average molecular weight is 365 g/mol. The maximum absolute atomic E-state index is 12.5. The summed E-state index contributed by atoms with van der Waals surface area (Å²) in [5, 5.41) is 8.43. The lowest BCUT2D eigenvalue weighted by molar-refractivity contribution is 0.355. The van der Waals surface area contributed by atoms with Crippen molar-refractivity contribution in [3.8, 4) is 22.8 Å². The van der Waals surface area contributed by atoms with Crippen molar-refractivity contribution >= 4 is 27.0 Å². The highest BCUT2D eigenvalue weighted by molar-refractivity contribution is 7.94. The highest BCUT2D eigenvalue weighted by Crippen LogP contribution is 2.32. The number of hydrogen-bond donors (Lipinski definition) is 2. The Morgan fingerprint density at radius 1 is 1.12 bits per heavy atom. The molecular weight excluding hydrogens is 350 g/mol. The Labute approximate surface area is 143 Å². The molecule has 2 N–H and O–H groups in total. The molecule has 3 aromatic rings. The summed E-state index contributed by atoms with van der Waals surface area (Å²) in [6.07, 6.45) is 1.61. The van der Waals surface area contributed by atoms with Crippen molar-refractivity contribution in [2.45, 2.75) is 4.21 Å². The van der Waals surface area contributed by atoms with Crippen molar-refractivity contribution in [1.82, 2.24) is 10.2 Å². The molecule has 24 heavy (non-hydrogen) atoms. The van der Waals surface area contributed by atoms with E-state index in [9.17, 15) is 8.42 Å². The summed E-state index contributed by atoms with van der Waals surface area (Å²) in [6.45, 7) is 0. The van der Waals surface area contributed by atoms with Crippen molar-refractivity contribution in [3.63, 3.8) is 0 Å². The largest absolute Gasteiger partial charge is 0.493 e. The fraction of sp³-hybridized carbons (Fsp3) is 0.133. The first-order valence-electron chi connectivity index (χ1n) is 6.86. The van der Waals surface area contributed by atoms with Crippen LogP contribution in [0.3, 0.4) is 0 Å². The fourth-order valence-electron chi connectivity index (χ4n) is 2.12. The van der Waals surface area contributed by atoms with Gasteiger partial charge in [0.15, 0.2) is 11.5 Å². The summed E-state index contributed by atoms with van der Waals surface area (Å²) in [5.74, 6) is 0.972. The number of anilines is 1. The third kappa shape index (κ3) is 3.22. The summed E-state index contributed by atoms with van der Waals surface area (Å²) in [7, 11) is -0.680. The molecule has 1 aromatic carbocycles. The van der Waals surface area contributed by atoms with E-state index >= 15 is 0 Å². The number of hydrogen-bond acceptors (Lipinski definition) is 6. The molecule has 0 bridgehead atoms. The Morgan fingerprint density at radius 3 is 2.58 bits per heavy atom. The third-order valence-corrected chi connectivity index (χ3v) is 6.11. The van der Waals surface area contributed by atoms with Crippen LogP contribution in [-0.2, 0) is 10.0 Å². The van der Waals surface area contributed by atoms with Crippen LogP contribution in [0.4, 0.5) is 5.69 Å². The molecule has 0 spiro atoms. The molecular formula is C15H15N3O4S2. The van der Waals surface area contributed by atoms with Crippen LogP contribution in [0, 0.1) is 0 Å². The summed E-state index contributed by atoms with van der Waals surface area (Å²) in [5.41, 5.74) is 1.92. The van der Waals surface area contributed by atoms with Gasteiger partial charge in [-0.1, -0.05) is 0 Å². The molecule has 0 aliphatic heterocycles. The maximum Gasteiger partial charge on any atom is 0.271 e. The van der Waals surface area contributed by atoms with Crippen LogP contribution < -0.4 is 14.2 Å². The number of benzene rings is 1. The minimum absolute atomic E-state index is 0.210. The Balaban J connectivity index is 1.86. The smallest absolute Gasteiger partial charge is 0.271 e. The van der Waals surface area contributed by atoms with Crippen molar-refractivity contribution in [2.75, 3.05) is 18.9 Å². The standard InChI is InChI=1S/C15H15N3O4S2/c1-21-13-4-3-11(8-14(13)22-2)18-24(19,20)15-7-10(9-23-15)12-5-6-16-17-12/h3-9,18H,1-2H3,(H,16,17). The highest BCUT2D eigenvalue weighted by Gasteiger charge is 2.18. The number of methoxy groups -OCH3 is 2. The number of ether oxygens (including phenoxy) is 2. The molecule has 0 unspecified atom stereocenters. The zero-order valence-electron chi connectivity index (χ0n) is 12.9. The molecule has 0 fully saturated rings. The molecule has 0 atom stereocenters. The zero-order valence-corrected chi connectivity index (χ0v) is 14.6. The SMILES string of the molecule is COc1ccc(NS(=O)(=O)c2cc(-c3ccn[nH]3)cs2)cc1OC. The molecule has 0 amide bonds. The van der Waals surface area contributed by atoms with Gasteiger partial charge in [0.25, 0.3) is 10.0 Å². The normalized spacial score (nSPS) is 11.2. The van der Waals surface area contributed by atoms with Crippen LogP contribution in [0.5, 0.6) is 11.5 Å². The van der Waals surface area contributed by atoms with Gasteiger partial charge in [-0.2, -0.15) is 5.10 Å². The van der Waals surface area contributed by atoms with Crippen molar-refractivity contribution in [3.05, 3.63) is 41.9 Å². The highest BCUT2D eigenvalue weighted by atomic mass is 32.2. The van der Waals surface area contributed by atoms with E-state index in [0.717, 1.165) is 22.6 Å². The van der Waals surface area contributed by atoms with E-state index in [1.165, 1.54) is 14.2 Å². The molecule has 7 nitrogen and oxygen atoms in total. The predicted octanol–water partition coefficient (Wildman–Crippen LogP) is 2.96. The number of rotatable bonds is 6. The summed E-state index contributed by atoms with van der Waals surface area (Å²) < 4.78 is 38.2. The summed E-state index contributed by atoms with van der Waals surface area (Å²) in [6, 6.07) is 8.20. The van der Waals surface area contributed by atoms with E-state index in [-0.39, 0.29) is 4.21 Å². The van der Waals surface area contributed by atoms with E-state index in [4.69, 9.17) is 9.47 Å². The second kappa shape index (κ2) is 6.54. The van der Waals surface area contributed by atoms with E-state index in [2.05, 4.69) is 14.9 Å². The van der Waals surface area contributed by atoms with Crippen LogP contribution in [0.1, 0.15) is 0 Å². The lowest BCUT2D eigenvalue weighted by atomic mass is 10.2. The molecule has 2 heterocycles. The maximum atomic E-state index is 12.5. The fourth-order valence-corrected chi connectivity index (χ4v) is 4.35. The van der Waals surface area contributed by atoms with E-state index in [1.54, 1.807) is 41.9 Å². The second-order valence-electron chi connectivity index (χ2n) is 4.80. The molecule has 2 aromatic heterocycles. The van der Waals surface area contributed by atoms with Gasteiger partial charge < -0.3 is 9.47 Å². The number of nitrogens with one attached hydrogen (secondary N) is 2. The van der Waals surface area contributed by atoms with E-state index in [0.29, 0.717) is 17.2 Å². The first-order chi connectivity index (χ1) is 11.5. The number of nitrogens with zero attached hydrogens (tertiary/aromatic N) is 1. The minimum atomic E-state index is -3.69. The molecule has 0 saturated carbocycles. The zero-order chi connectivity index (χ0) is 17.2. The van der Waals surface area contributed by atoms with Crippen LogP contribution in [0.2, 0.25) is 0 Å². The van der Waals surface area contributed by atoms with Crippen LogP contribution in [0.25, 0.3) is 11.3 Å². The quantitative estimate of drug-likeness (QED) is 0.700. The van der Waals surface area contributed by atoms with Gasteiger partial charge in [0, 0.05) is 23.2 Å². The van der Waals surface area contributed by atoms with E-state index < -0.39 is 10.0 Å². The monoisotopic (exact) mass is 365 g/mol. The Kier molecular flexibility index (Phi) is 4.45. The second-order valence-corrected chi connectivity index (χ2v) is 7.62. The van der Waals surface area contributed by atoms with Gasteiger partial charge in [-0.25, -0.2) is 8.42 Å². The Hall–Kier alpha value is -2.52. The van der Waals surface area contributed by atoms with Gasteiger partial charge in [0.2, 0.25) is 0 Å². The lowest BCUT2D eigenvalue weighted by Gasteiger charge is -2.11. The van der Waals surface area contributed by atoms with Gasteiger partial charge in [-0.15, -0.1) is 11.3 Å². The van der Waals surface area contributed by atoms with Crippen molar-refractivity contribution in [1.29, 1.82) is 0 Å². The molecule has 0 radical (unpaired) electrons. The molecule has 126 valence electrons.